The highest BCUT2D eigenvalue weighted by Crippen LogP contribution is 2.12. The quantitative estimate of drug-likeness (QED) is 0.586. The Morgan fingerprint density at radius 1 is 0.917 bits per heavy atom. The number of carbonyl (C=O) groups excluding carboxylic acids is 2. The van der Waals surface area contributed by atoms with Crippen LogP contribution in [0.5, 0.6) is 0 Å². The molecule has 2 rings (SSSR count). The lowest BCUT2D eigenvalue weighted by Gasteiger charge is -2.00. The second-order valence-corrected chi connectivity index (χ2v) is 6.92. The molecule has 0 aliphatic carbocycles. The van der Waals surface area contributed by atoms with E-state index in [4.69, 9.17) is 0 Å². The SMILES string of the molecule is Cc1ccsc1/C=N\NC(=O)CCC(=O)N/N=C/c1sccc1C. The van der Waals surface area contributed by atoms with Gasteiger partial charge in [0, 0.05) is 22.6 Å². The van der Waals surface area contributed by atoms with Gasteiger partial charge in [0.05, 0.1) is 12.4 Å². The number of aryl methyl sites for hydroxylation is 2. The fraction of sp³-hybridized carbons (Fsp3) is 0.250. The van der Waals surface area contributed by atoms with Crippen molar-refractivity contribution < 1.29 is 9.59 Å². The van der Waals surface area contributed by atoms with E-state index in [2.05, 4.69) is 21.1 Å². The molecule has 8 heteroatoms. The zero-order chi connectivity index (χ0) is 17.4. The molecule has 2 aromatic rings. The van der Waals surface area contributed by atoms with Crippen LogP contribution in [0.25, 0.3) is 0 Å². The van der Waals surface area contributed by atoms with Gasteiger partial charge in [-0.3, -0.25) is 9.59 Å². The maximum Gasteiger partial charge on any atom is 0.240 e. The molecule has 6 nitrogen and oxygen atoms in total. The number of nitrogens with one attached hydrogen (secondary N) is 2. The van der Waals surface area contributed by atoms with E-state index in [1.165, 1.54) is 0 Å². The summed E-state index contributed by atoms with van der Waals surface area (Å²) >= 11 is 3.10. The van der Waals surface area contributed by atoms with Gasteiger partial charge in [0.1, 0.15) is 0 Å². The van der Waals surface area contributed by atoms with Gasteiger partial charge >= 0.3 is 0 Å². The minimum Gasteiger partial charge on any atom is -0.273 e. The van der Waals surface area contributed by atoms with Crippen molar-refractivity contribution in [3.8, 4) is 0 Å². The van der Waals surface area contributed by atoms with Gasteiger partial charge in [-0.25, -0.2) is 10.9 Å². The van der Waals surface area contributed by atoms with E-state index in [0.29, 0.717) is 0 Å². The number of hydrazone groups is 2. The number of hydrogen-bond donors (Lipinski definition) is 2. The van der Waals surface area contributed by atoms with Crippen LogP contribution in [0.3, 0.4) is 0 Å². The van der Waals surface area contributed by atoms with Crippen molar-refractivity contribution in [1.29, 1.82) is 0 Å². The number of amides is 2. The van der Waals surface area contributed by atoms with Crippen molar-refractivity contribution in [2.75, 3.05) is 0 Å². The first-order valence-electron chi connectivity index (χ1n) is 7.28. The van der Waals surface area contributed by atoms with E-state index in [1.807, 2.05) is 36.7 Å². The number of hydrogen-bond acceptors (Lipinski definition) is 6. The van der Waals surface area contributed by atoms with Gasteiger partial charge in [0.15, 0.2) is 0 Å². The topological polar surface area (TPSA) is 82.9 Å². The number of carbonyl (C=O) groups is 2. The van der Waals surface area contributed by atoms with Crippen molar-refractivity contribution in [3.05, 3.63) is 43.8 Å². The molecule has 2 aromatic heterocycles. The second-order valence-electron chi connectivity index (χ2n) is 5.02. The third-order valence-corrected chi connectivity index (χ3v) is 5.03. The summed E-state index contributed by atoms with van der Waals surface area (Å²) in [4.78, 5) is 25.2. The van der Waals surface area contributed by atoms with E-state index in [-0.39, 0.29) is 24.7 Å². The summed E-state index contributed by atoms with van der Waals surface area (Å²) in [5.41, 5.74) is 7.03. The van der Waals surface area contributed by atoms with E-state index in [1.54, 1.807) is 35.1 Å². The van der Waals surface area contributed by atoms with E-state index >= 15 is 0 Å². The normalized spacial score (nSPS) is 11.2. The predicted octanol–water partition coefficient (Wildman–Crippen LogP) is 2.81. The summed E-state index contributed by atoms with van der Waals surface area (Å²) in [6, 6.07) is 3.97. The third-order valence-electron chi connectivity index (χ3n) is 3.12. The lowest BCUT2D eigenvalue weighted by molar-refractivity contribution is -0.126. The van der Waals surface area contributed by atoms with E-state index in [0.717, 1.165) is 20.9 Å². The highest BCUT2D eigenvalue weighted by Gasteiger charge is 2.05. The molecule has 0 atom stereocenters. The fourth-order valence-electron chi connectivity index (χ4n) is 1.70. The smallest absolute Gasteiger partial charge is 0.240 e. The Morgan fingerprint density at radius 2 is 1.33 bits per heavy atom. The first kappa shape index (κ1) is 18.0. The number of nitrogens with zero attached hydrogens (tertiary/aromatic N) is 2. The van der Waals surface area contributed by atoms with Crippen LogP contribution in [0.4, 0.5) is 0 Å². The lowest BCUT2D eigenvalue weighted by atomic mass is 10.3. The van der Waals surface area contributed by atoms with Gasteiger partial charge in [-0.1, -0.05) is 0 Å². The number of thiophene rings is 2. The van der Waals surface area contributed by atoms with Crippen LogP contribution in [0.1, 0.15) is 33.7 Å². The average Bonchev–Trinajstić information content (AvgIpc) is 3.14. The summed E-state index contributed by atoms with van der Waals surface area (Å²) in [6.07, 6.45) is 3.32. The molecule has 0 aliphatic rings. The van der Waals surface area contributed by atoms with Gasteiger partial charge in [-0.05, 0) is 47.9 Å². The molecule has 2 heterocycles. The molecule has 2 amide bonds. The van der Waals surface area contributed by atoms with Gasteiger partial charge in [0.2, 0.25) is 11.8 Å². The molecule has 0 aromatic carbocycles. The van der Waals surface area contributed by atoms with Crippen LogP contribution < -0.4 is 10.9 Å². The fourth-order valence-corrected chi connectivity index (χ4v) is 3.27. The average molecular weight is 362 g/mol. The zero-order valence-electron chi connectivity index (χ0n) is 13.4. The van der Waals surface area contributed by atoms with Crippen LogP contribution in [-0.2, 0) is 9.59 Å². The molecule has 0 unspecified atom stereocenters. The van der Waals surface area contributed by atoms with Crippen LogP contribution in [0.15, 0.2) is 33.1 Å². The minimum atomic E-state index is -0.311. The van der Waals surface area contributed by atoms with Crippen molar-refractivity contribution in [2.45, 2.75) is 26.7 Å². The van der Waals surface area contributed by atoms with Crippen molar-refractivity contribution >= 4 is 46.9 Å². The van der Waals surface area contributed by atoms with Crippen LogP contribution in [0, 0.1) is 13.8 Å². The maximum absolute atomic E-state index is 11.6. The highest BCUT2D eigenvalue weighted by molar-refractivity contribution is 7.12. The van der Waals surface area contributed by atoms with E-state index < -0.39 is 0 Å². The Balaban J connectivity index is 1.67. The van der Waals surface area contributed by atoms with Gasteiger partial charge in [0.25, 0.3) is 0 Å². The van der Waals surface area contributed by atoms with Gasteiger partial charge in [-0.2, -0.15) is 10.2 Å². The molecule has 0 fully saturated rings. The van der Waals surface area contributed by atoms with Crippen molar-refractivity contribution in [2.24, 2.45) is 10.2 Å². The standard InChI is InChI=1S/C16H18N4O2S2/c1-11-5-7-23-13(11)9-17-19-15(21)3-4-16(22)20-18-10-14-12(2)6-8-24-14/h5-10H,3-4H2,1-2H3,(H,19,21)(H,20,22)/b17-9-,18-10+. The molecule has 24 heavy (non-hydrogen) atoms. The summed E-state index contributed by atoms with van der Waals surface area (Å²) in [7, 11) is 0. The van der Waals surface area contributed by atoms with Crippen LogP contribution >= 0.6 is 22.7 Å². The molecule has 0 radical (unpaired) electrons. The Morgan fingerprint density at radius 3 is 1.67 bits per heavy atom. The summed E-state index contributed by atoms with van der Waals surface area (Å²) in [6.45, 7) is 3.95. The summed E-state index contributed by atoms with van der Waals surface area (Å²) in [5.74, 6) is -0.623. The largest absolute Gasteiger partial charge is 0.273 e. The molecular formula is C16H18N4O2S2. The number of rotatable bonds is 7. The molecular weight excluding hydrogens is 344 g/mol. The lowest BCUT2D eigenvalue weighted by Crippen LogP contribution is -2.22. The Bertz CT molecular complexity index is 697. The Labute approximate surface area is 148 Å². The maximum atomic E-state index is 11.6. The molecule has 0 saturated carbocycles. The van der Waals surface area contributed by atoms with Crippen molar-refractivity contribution in [1.82, 2.24) is 10.9 Å². The van der Waals surface area contributed by atoms with Crippen LogP contribution in [-0.4, -0.2) is 24.2 Å². The van der Waals surface area contributed by atoms with Gasteiger partial charge < -0.3 is 0 Å². The minimum absolute atomic E-state index is 0.0557. The van der Waals surface area contributed by atoms with Crippen molar-refractivity contribution in [3.63, 3.8) is 0 Å². The van der Waals surface area contributed by atoms with Gasteiger partial charge in [-0.15, -0.1) is 22.7 Å². The molecule has 0 bridgehead atoms. The zero-order valence-corrected chi connectivity index (χ0v) is 15.0. The third kappa shape index (κ3) is 5.71. The molecule has 126 valence electrons. The Kier molecular flexibility index (Phi) is 6.83. The predicted molar refractivity (Wildman–Crippen MR) is 98.8 cm³/mol. The van der Waals surface area contributed by atoms with E-state index in [9.17, 15) is 9.59 Å². The summed E-state index contributed by atoms with van der Waals surface area (Å²) < 4.78 is 0. The molecule has 0 saturated heterocycles. The highest BCUT2D eigenvalue weighted by atomic mass is 32.1. The Hall–Kier alpha value is -2.32. The summed E-state index contributed by atoms with van der Waals surface area (Å²) in [5, 5.41) is 11.7. The first-order chi connectivity index (χ1) is 11.6. The monoisotopic (exact) mass is 362 g/mol. The molecule has 2 N–H and O–H groups in total. The molecule has 0 aliphatic heterocycles. The van der Waals surface area contributed by atoms with Crippen LogP contribution in [0.2, 0.25) is 0 Å². The second kappa shape index (κ2) is 9.09. The first-order valence-corrected chi connectivity index (χ1v) is 9.04. The molecule has 0 spiro atoms.